The maximum absolute atomic E-state index is 12.2. The number of rotatable bonds is 13. The molecule has 5 nitrogen and oxygen atoms in total. The van der Waals surface area contributed by atoms with Gasteiger partial charge in [-0.2, -0.15) is 0 Å². The molecule has 0 spiro atoms. The molecule has 0 saturated carbocycles. The second-order valence-corrected chi connectivity index (χ2v) is 9.01. The Labute approximate surface area is 223 Å². The van der Waals surface area contributed by atoms with Crippen molar-refractivity contribution >= 4 is 11.9 Å². The van der Waals surface area contributed by atoms with Gasteiger partial charge in [0.2, 0.25) is 0 Å². The van der Waals surface area contributed by atoms with Crippen LogP contribution in [-0.2, 0) is 0 Å². The first-order chi connectivity index (χ1) is 18.6. The van der Waals surface area contributed by atoms with Crippen LogP contribution in [0.25, 0.3) is 17.2 Å². The Bertz CT molecular complexity index is 1310. The molecular formula is C33H32O5. The van der Waals surface area contributed by atoms with Gasteiger partial charge in [0.1, 0.15) is 23.0 Å². The molecule has 4 rings (SSSR count). The second-order valence-electron chi connectivity index (χ2n) is 9.01. The van der Waals surface area contributed by atoms with Crippen molar-refractivity contribution in [3.8, 4) is 34.1 Å². The van der Waals surface area contributed by atoms with Gasteiger partial charge in [0.15, 0.2) is 5.78 Å². The molecule has 0 radical (unpaired) electrons. The van der Waals surface area contributed by atoms with Crippen molar-refractivity contribution in [2.24, 2.45) is 0 Å². The minimum atomic E-state index is -0.00981. The maximum atomic E-state index is 12.2. The lowest BCUT2D eigenvalue weighted by molar-refractivity contribution is 0.104. The number of ether oxygens (including phenoxy) is 2. The van der Waals surface area contributed by atoms with E-state index in [0.717, 1.165) is 48.1 Å². The molecular weight excluding hydrogens is 476 g/mol. The molecule has 0 atom stereocenters. The minimum Gasteiger partial charge on any atom is -0.508 e. The van der Waals surface area contributed by atoms with E-state index in [9.17, 15) is 15.0 Å². The van der Waals surface area contributed by atoms with Crippen LogP contribution in [0.2, 0.25) is 0 Å². The number of carbonyl (C=O) groups is 1. The predicted molar refractivity (Wildman–Crippen MR) is 151 cm³/mol. The van der Waals surface area contributed by atoms with Crippen LogP contribution in [0.3, 0.4) is 0 Å². The van der Waals surface area contributed by atoms with E-state index in [4.69, 9.17) is 9.47 Å². The number of hydrogen-bond donors (Lipinski definition) is 2. The van der Waals surface area contributed by atoms with Crippen molar-refractivity contribution in [3.05, 3.63) is 114 Å². The van der Waals surface area contributed by atoms with Gasteiger partial charge in [-0.25, -0.2) is 0 Å². The SMILES string of the molecule is O=C(C=Cc1ccc(-c2ccc(OCCCCCCOc3cc(O)cc(O)c3)cc2)cc1)c1ccccc1. The summed E-state index contributed by atoms with van der Waals surface area (Å²) >= 11 is 0. The maximum Gasteiger partial charge on any atom is 0.185 e. The zero-order chi connectivity index (χ0) is 26.6. The fourth-order valence-electron chi connectivity index (χ4n) is 3.99. The number of phenolic OH excluding ortho intramolecular Hbond substituents is 2. The third kappa shape index (κ3) is 8.27. The van der Waals surface area contributed by atoms with Crippen molar-refractivity contribution in [2.45, 2.75) is 25.7 Å². The number of ketones is 1. The molecule has 0 aromatic heterocycles. The van der Waals surface area contributed by atoms with Crippen LogP contribution < -0.4 is 9.47 Å². The molecule has 4 aromatic carbocycles. The molecule has 4 aromatic rings. The number of unbranched alkanes of at least 4 members (excludes halogenated alkanes) is 3. The summed E-state index contributed by atoms with van der Waals surface area (Å²) in [5.74, 6) is 1.29. The Morgan fingerprint density at radius 2 is 1.18 bits per heavy atom. The second kappa shape index (κ2) is 13.7. The van der Waals surface area contributed by atoms with Crippen LogP contribution >= 0.6 is 0 Å². The van der Waals surface area contributed by atoms with E-state index in [2.05, 4.69) is 24.3 Å². The molecule has 0 aliphatic carbocycles. The zero-order valence-corrected chi connectivity index (χ0v) is 21.3. The Balaban J connectivity index is 1.14. The lowest BCUT2D eigenvalue weighted by atomic mass is 10.0. The highest BCUT2D eigenvalue weighted by Crippen LogP contribution is 2.26. The highest BCUT2D eigenvalue weighted by atomic mass is 16.5. The molecule has 0 amide bonds. The van der Waals surface area contributed by atoms with Gasteiger partial charge >= 0.3 is 0 Å². The van der Waals surface area contributed by atoms with E-state index in [1.54, 1.807) is 6.08 Å². The number of aromatic hydroxyl groups is 2. The van der Waals surface area contributed by atoms with Crippen molar-refractivity contribution in [1.29, 1.82) is 0 Å². The number of allylic oxidation sites excluding steroid dienone is 1. The number of carbonyl (C=O) groups excluding carboxylic acids is 1. The smallest absolute Gasteiger partial charge is 0.185 e. The summed E-state index contributed by atoms with van der Waals surface area (Å²) in [4.78, 5) is 12.2. The quantitative estimate of drug-likeness (QED) is 0.110. The number of hydrogen-bond acceptors (Lipinski definition) is 5. The van der Waals surface area contributed by atoms with Gasteiger partial charge in [-0.15, -0.1) is 0 Å². The molecule has 0 unspecified atom stereocenters. The van der Waals surface area contributed by atoms with Gasteiger partial charge in [-0.1, -0.05) is 72.8 Å². The van der Waals surface area contributed by atoms with Crippen LogP contribution in [0.5, 0.6) is 23.0 Å². The fourth-order valence-corrected chi connectivity index (χ4v) is 3.99. The summed E-state index contributed by atoms with van der Waals surface area (Å²) < 4.78 is 11.4. The first-order valence-corrected chi connectivity index (χ1v) is 12.8. The molecule has 2 N–H and O–H groups in total. The first-order valence-electron chi connectivity index (χ1n) is 12.8. The molecule has 0 aliphatic heterocycles. The van der Waals surface area contributed by atoms with Gasteiger partial charge in [0.25, 0.3) is 0 Å². The monoisotopic (exact) mass is 508 g/mol. The highest BCUT2D eigenvalue weighted by molar-refractivity contribution is 6.06. The molecule has 0 heterocycles. The van der Waals surface area contributed by atoms with Crippen molar-refractivity contribution in [2.75, 3.05) is 13.2 Å². The Morgan fingerprint density at radius 1 is 0.632 bits per heavy atom. The normalized spacial score (nSPS) is 10.9. The minimum absolute atomic E-state index is 0.00821. The molecule has 0 fully saturated rings. The third-order valence-corrected chi connectivity index (χ3v) is 6.04. The summed E-state index contributed by atoms with van der Waals surface area (Å²) in [7, 11) is 0. The zero-order valence-electron chi connectivity index (χ0n) is 21.3. The van der Waals surface area contributed by atoms with Crippen molar-refractivity contribution in [3.63, 3.8) is 0 Å². The predicted octanol–water partition coefficient (Wildman–Crippen LogP) is 7.68. The largest absolute Gasteiger partial charge is 0.508 e. The number of phenols is 2. The van der Waals surface area contributed by atoms with Gasteiger partial charge in [-0.05, 0) is 60.6 Å². The third-order valence-electron chi connectivity index (χ3n) is 6.04. The number of benzene rings is 4. The summed E-state index contributed by atoms with van der Waals surface area (Å²) in [5, 5.41) is 18.9. The van der Waals surface area contributed by atoms with Crippen LogP contribution in [0.4, 0.5) is 0 Å². The highest BCUT2D eigenvalue weighted by Gasteiger charge is 2.03. The van der Waals surface area contributed by atoms with E-state index in [0.29, 0.717) is 24.5 Å². The molecule has 194 valence electrons. The van der Waals surface area contributed by atoms with Crippen molar-refractivity contribution < 1.29 is 24.5 Å². The lowest BCUT2D eigenvalue weighted by Crippen LogP contribution is -2.00. The Kier molecular flexibility index (Phi) is 9.57. The standard InChI is InChI=1S/C33H32O5/c34-29-22-30(35)24-32(23-29)38-21-7-2-1-6-20-37-31-17-15-27(16-18-31)26-13-10-25(11-14-26)12-19-33(36)28-8-4-3-5-9-28/h3-5,8-19,22-24,34-35H,1-2,6-7,20-21H2. The summed E-state index contributed by atoms with van der Waals surface area (Å²) in [6, 6.07) is 29.7. The van der Waals surface area contributed by atoms with Crippen LogP contribution in [0.1, 0.15) is 41.6 Å². The average molecular weight is 509 g/mol. The summed E-state index contributed by atoms with van der Waals surface area (Å²) in [5.41, 5.74) is 3.86. The molecule has 38 heavy (non-hydrogen) atoms. The fraction of sp³-hybridized carbons (Fsp3) is 0.182. The van der Waals surface area contributed by atoms with Gasteiger partial charge in [-0.3, -0.25) is 4.79 Å². The van der Waals surface area contributed by atoms with E-state index in [-0.39, 0.29) is 17.3 Å². The van der Waals surface area contributed by atoms with E-state index < -0.39 is 0 Å². The summed E-state index contributed by atoms with van der Waals surface area (Å²) in [6.07, 6.45) is 7.33. The Morgan fingerprint density at radius 3 is 1.79 bits per heavy atom. The average Bonchev–Trinajstić information content (AvgIpc) is 2.94. The Hall–Kier alpha value is -4.51. The van der Waals surface area contributed by atoms with Gasteiger partial charge in [0.05, 0.1) is 13.2 Å². The molecule has 0 bridgehead atoms. The van der Waals surface area contributed by atoms with E-state index in [1.807, 2.05) is 60.7 Å². The van der Waals surface area contributed by atoms with Gasteiger partial charge < -0.3 is 19.7 Å². The van der Waals surface area contributed by atoms with Gasteiger partial charge in [0, 0.05) is 23.8 Å². The van der Waals surface area contributed by atoms with E-state index in [1.165, 1.54) is 18.2 Å². The lowest BCUT2D eigenvalue weighted by Gasteiger charge is -2.09. The first kappa shape index (κ1) is 26.6. The van der Waals surface area contributed by atoms with Crippen LogP contribution in [0.15, 0.2) is 103 Å². The van der Waals surface area contributed by atoms with Crippen molar-refractivity contribution in [1.82, 2.24) is 0 Å². The van der Waals surface area contributed by atoms with E-state index >= 15 is 0 Å². The molecule has 0 aliphatic rings. The molecule has 5 heteroatoms. The van der Waals surface area contributed by atoms with Crippen LogP contribution in [-0.4, -0.2) is 29.2 Å². The topological polar surface area (TPSA) is 76.0 Å². The van der Waals surface area contributed by atoms with Crippen LogP contribution in [0, 0.1) is 0 Å². The molecule has 0 saturated heterocycles. The summed E-state index contributed by atoms with van der Waals surface area (Å²) in [6.45, 7) is 1.19.